The Morgan fingerprint density at radius 1 is 1.26 bits per heavy atom. The number of halogens is 1. The molecule has 2 heterocycles. The molecule has 2 aliphatic heterocycles. The maximum absolute atomic E-state index is 13.4. The Labute approximate surface area is 113 Å². The van der Waals surface area contributed by atoms with Crippen LogP contribution >= 0.6 is 0 Å². The van der Waals surface area contributed by atoms with Crippen molar-refractivity contribution in [3.05, 3.63) is 35.1 Å². The molecule has 2 atom stereocenters. The van der Waals surface area contributed by atoms with E-state index in [1.165, 1.54) is 18.9 Å². The van der Waals surface area contributed by atoms with Gasteiger partial charge in [0.05, 0.1) is 6.10 Å². The standard InChI is InChI=1S/C15H21FN2O/c16-15-4-1-10(5-11(15)8-17)9-18-12-2-3-13(18)7-14(19)6-12/h1,4-5,12-14,19H,2-3,6-9,17H2. The summed E-state index contributed by atoms with van der Waals surface area (Å²) in [6.45, 7) is 1.08. The van der Waals surface area contributed by atoms with Crippen molar-refractivity contribution in [1.82, 2.24) is 4.90 Å². The summed E-state index contributed by atoms with van der Waals surface area (Å²) in [7, 11) is 0. The Morgan fingerprint density at radius 2 is 1.95 bits per heavy atom. The third kappa shape index (κ3) is 2.53. The summed E-state index contributed by atoms with van der Waals surface area (Å²) >= 11 is 0. The van der Waals surface area contributed by atoms with Crippen LogP contribution in [0.25, 0.3) is 0 Å². The minimum Gasteiger partial charge on any atom is -0.393 e. The van der Waals surface area contributed by atoms with E-state index in [2.05, 4.69) is 4.90 Å². The Bertz CT molecular complexity index is 451. The van der Waals surface area contributed by atoms with Crippen molar-refractivity contribution in [3.63, 3.8) is 0 Å². The number of rotatable bonds is 3. The van der Waals surface area contributed by atoms with Crippen LogP contribution in [0, 0.1) is 5.82 Å². The van der Waals surface area contributed by atoms with Crippen molar-refractivity contribution < 1.29 is 9.50 Å². The van der Waals surface area contributed by atoms with Crippen molar-refractivity contribution in [3.8, 4) is 0 Å². The molecule has 0 radical (unpaired) electrons. The van der Waals surface area contributed by atoms with Crippen molar-refractivity contribution in [1.29, 1.82) is 0 Å². The Kier molecular flexibility index (Phi) is 3.56. The number of benzene rings is 1. The number of hydrogen-bond donors (Lipinski definition) is 2. The zero-order valence-corrected chi connectivity index (χ0v) is 11.1. The number of aliphatic hydroxyl groups is 1. The second-order valence-corrected chi connectivity index (χ2v) is 5.81. The first kappa shape index (κ1) is 13.0. The lowest BCUT2D eigenvalue weighted by Gasteiger charge is -2.37. The predicted molar refractivity (Wildman–Crippen MR) is 71.9 cm³/mol. The Morgan fingerprint density at radius 3 is 2.58 bits per heavy atom. The van der Waals surface area contributed by atoms with E-state index in [0.29, 0.717) is 17.6 Å². The molecule has 0 spiro atoms. The fraction of sp³-hybridized carbons (Fsp3) is 0.600. The molecule has 1 aromatic rings. The number of piperidine rings is 1. The monoisotopic (exact) mass is 264 g/mol. The van der Waals surface area contributed by atoms with Crippen LogP contribution < -0.4 is 5.73 Å². The van der Waals surface area contributed by atoms with Gasteiger partial charge in [0.1, 0.15) is 5.82 Å². The zero-order chi connectivity index (χ0) is 13.4. The number of nitrogens with zero attached hydrogens (tertiary/aromatic N) is 1. The fourth-order valence-electron chi connectivity index (χ4n) is 3.60. The number of hydrogen-bond acceptors (Lipinski definition) is 3. The molecule has 19 heavy (non-hydrogen) atoms. The third-order valence-electron chi connectivity index (χ3n) is 4.55. The molecule has 0 amide bonds. The number of nitrogens with two attached hydrogens (primary N) is 1. The molecule has 104 valence electrons. The molecule has 2 fully saturated rings. The maximum atomic E-state index is 13.4. The minimum atomic E-state index is -0.219. The second kappa shape index (κ2) is 5.19. The summed E-state index contributed by atoms with van der Waals surface area (Å²) < 4.78 is 13.4. The molecular formula is C15H21FN2O. The van der Waals surface area contributed by atoms with Gasteiger partial charge in [-0.15, -0.1) is 0 Å². The summed E-state index contributed by atoms with van der Waals surface area (Å²) in [6.07, 6.45) is 3.96. The lowest BCUT2D eigenvalue weighted by Crippen LogP contribution is -2.44. The maximum Gasteiger partial charge on any atom is 0.127 e. The van der Waals surface area contributed by atoms with Crippen LogP contribution in [0.1, 0.15) is 36.8 Å². The van der Waals surface area contributed by atoms with Crippen molar-refractivity contribution >= 4 is 0 Å². The molecular weight excluding hydrogens is 243 g/mol. The van der Waals surface area contributed by atoms with Gasteiger partial charge in [0.25, 0.3) is 0 Å². The highest BCUT2D eigenvalue weighted by molar-refractivity contribution is 5.25. The first-order chi connectivity index (χ1) is 9.17. The van der Waals surface area contributed by atoms with Gasteiger partial charge in [-0.1, -0.05) is 12.1 Å². The van der Waals surface area contributed by atoms with Gasteiger partial charge in [-0.25, -0.2) is 4.39 Å². The lowest BCUT2D eigenvalue weighted by atomic mass is 9.98. The number of fused-ring (bicyclic) bond motifs is 2. The van der Waals surface area contributed by atoms with Crippen LogP contribution in [0.2, 0.25) is 0 Å². The van der Waals surface area contributed by atoms with E-state index in [1.54, 1.807) is 0 Å². The molecule has 4 heteroatoms. The average molecular weight is 264 g/mol. The van der Waals surface area contributed by atoms with Gasteiger partial charge in [0.2, 0.25) is 0 Å². The van der Waals surface area contributed by atoms with E-state index >= 15 is 0 Å². The topological polar surface area (TPSA) is 49.5 Å². The van der Waals surface area contributed by atoms with Gasteiger partial charge >= 0.3 is 0 Å². The lowest BCUT2D eigenvalue weighted by molar-refractivity contribution is 0.0310. The first-order valence-electron chi connectivity index (χ1n) is 7.08. The van der Waals surface area contributed by atoms with Gasteiger partial charge < -0.3 is 10.8 Å². The second-order valence-electron chi connectivity index (χ2n) is 5.81. The van der Waals surface area contributed by atoms with Crippen LogP contribution in [-0.4, -0.2) is 28.2 Å². The molecule has 0 aromatic heterocycles. The van der Waals surface area contributed by atoms with E-state index < -0.39 is 0 Å². The van der Waals surface area contributed by atoms with Gasteiger partial charge in [-0.05, 0) is 37.3 Å². The minimum absolute atomic E-state index is 0.137. The molecule has 2 aliphatic rings. The van der Waals surface area contributed by atoms with E-state index in [1.807, 2.05) is 12.1 Å². The highest BCUT2D eigenvalue weighted by Gasteiger charge is 2.39. The van der Waals surface area contributed by atoms with Crippen LogP contribution in [-0.2, 0) is 13.1 Å². The predicted octanol–water partition coefficient (Wildman–Crippen LogP) is 1.77. The van der Waals surface area contributed by atoms with E-state index in [0.717, 1.165) is 24.9 Å². The highest BCUT2D eigenvalue weighted by Crippen LogP contribution is 2.36. The SMILES string of the molecule is NCc1cc(CN2C3CCC2CC(O)C3)ccc1F. The van der Waals surface area contributed by atoms with Gasteiger partial charge in [0, 0.05) is 30.7 Å². The van der Waals surface area contributed by atoms with Crippen molar-refractivity contribution in [2.45, 2.75) is 57.0 Å². The molecule has 2 bridgehead atoms. The van der Waals surface area contributed by atoms with Gasteiger partial charge in [-0.2, -0.15) is 0 Å². The highest BCUT2D eigenvalue weighted by atomic mass is 19.1. The summed E-state index contributed by atoms with van der Waals surface area (Å²) in [5, 5.41) is 9.80. The van der Waals surface area contributed by atoms with E-state index in [4.69, 9.17) is 5.73 Å². The summed E-state index contributed by atoms with van der Waals surface area (Å²) in [5.41, 5.74) is 7.26. The molecule has 3 nitrogen and oxygen atoms in total. The molecule has 3 N–H and O–H groups in total. The molecule has 0 saturated carbocycles. The van der Waals surface area contributed by atoms with Crippen LogP contribution in [0.3, 0.4) is 0 Å². The molecule has 2 saturated heterocycles. The average Bonchev–Trinajstić information content (AvgIpc) is 2.63. The van der Waals surface area contributed by atoms with Crippen LogP contribution in [0.5, 0.6) is 0 Å². The quantitative estimate of drug-likeness (QED) is 0.875. The molecule has 0 aliphatic carbocycles. The largest absolute Gasteiger partial charge is 0.393 e. The molecule has 3 rings (SSSR count). The normalized spacial score (nSPS) is 30.8. The summed E-state index contributed by atoms with van der Waals surface area (Å²) in [5.74, 6) is -0.219. The fourth-order valence-corrected chi connectivity index (χ4v) is 3.60. The smallest absolute Gasteiger partial charge is 0.127 e. The zero-order valence-electron chi connectivity index (χ0n) is 11.1. The molecule has 2 unspecified atom stereocenters. The number of aliphatic hydroxyl groups excluding tert-OH is 1. The van der Waals surface area contributed by atoms with Gasteiger partial charge in [-0.3, -0.25) is 4.90 Å². The Hall–Kier alpha value is -0.970. The summed E-state index contributed by atoms with van der Waals surface area (Å²) in [4.78, 5) is 2.47. The summed E-state index contributed by atoms with van der Waals surface area (Å²) in [6, 6.07) is 6.21. The first-order valence-corrected chi connectivity index (χ1v) is 7.08. The van der Waals surface area contributed by atoms with Crippen molar-refractivity contribution in [2.24, 2.45) is 5.73 Å². The van der Waals surface area contributed by atoms with E-state index in [-0.39, 0.29) is 18.5 Å². The van der Waals surface area contributed by atoms with Crippen LogP contribution in [0.15, 0.2) is 18.2 Å². The Balaban J connectivity index is 1.75. The van der Waals surface area contributed by atoms with Gasteiger partial charge in [0.15, 0.2) is 0 Å². The van der Waals surface area contributed by atoms with Crippen LogP contribution in [0.4, 0.5) is 4.39 Å². The van der Waals surface area contributed by atoms with Crippen molar-refractivity contribution in [2.75, 3.05) is 0 Å². The third-order valence-corrected chi connectivity index (χ3v) is 4.55. The molecule has 1 aromatic carbocycles. The van der Waals surface area contributed by atoms with E-state index in [9.17, 15) is 9.50 Å².